The van der Waals surface area contributed by atoms with E-state index in [0.29, 0.717) is 28.1 Å². The predicted molar refractivity (Wildman–Crippen MR) is 111 cm³/mol. The Morgan fingerprint density at radius 2 is 1.60 bits per heavy atom. The van der Waals surface area contributed by atoms with Gasteiger partial charge in [-0.2, -0.15) is 5.10 Å². The van der Waals surface area contributed by atoms with Crippen molar-refractivity contribution in [1.29, 1.82) is 0 Å². The van der Waals surface area contributed by atoms with Crippen molar-refractivity contribution >= 4 is 23.7 Å². The molecule has 7 nitrogen and oxygen atoms in total. The van der Waals surface area contributed by atoms with Crippen LogP contribution in [-0.2, 0) is 0 Å². The molecular formula is C22H18FN3O4. The normalized spacial score (nSPS) is 10.6. The zero-order chi connectivity index (χ0) is 21.5. The summed E-state index contributed by atoms with van der Waals surface area (Å²) in [6.07, 6.45) is 1.30. The van der Waals surface area contributed by atoms with Crippen LogP contribution in [0.4, 0.5) is 10.1 Å². The molecule has 0 heterocycles. The highest BCUT2D eigenvalue weighted by Gasteiger charge is 2.08. The maximum absolute atomic E-state index is 12.9. The number of phenolic OH excluding ortho intramolecular Hbond substituents is 1. The summed E-state index contributed by atoms with van der Waals surface area (Å²) in [7, 11) is 1.50. The second-order valence-electron chi connectivity index (χ2n) is 6.16. The van der Waals surface area contributed by atoms with E-state index < -0.39 is 17.6 Å². The quantitative estimate of drug-likeness (QED) is 0.430. The highest BCUT2D eigenvalue weighted by molar-refractivity contribution is 6.04. The Labute approximate surface area is 171 Å². The summed E-state index contributed by atoms with van der Waals surface area (Å²) in [5.74, 6) is -0.750. The van der Waals surface area contributed by atoms with E-state index in [1.807, 2.05) is 0 Å². The van der Waals surface area contributed by atoms with Gasteiger partial charge < -0.3 is 15.2 Å². The smallest absolute Gasteiger partial charge is 0.271 e. The SMILES string of the molecule is COc1ccc(O)c(C=NNC(=O)c2ccc(NC(=O)c3ccc(F)cc3)cc2)c1. The molecule has 3 aromatic rings. The van der Waals surface area contributed by atoms with E-state index in [4.69, 9.17) is 4.74 Å². The van der Waals surface area contributed by atoms with Crippen molar-refractivity contribution in [3.63, 3.8) is 0 Å². The molecule has 3 aromatic carbocycles. The first-order valence-electron chi connectivity index (χ1n) is 8.83. The van der Waals surface area contributed by atoms with Crippen molar-refractivity contribution in [2.24, 2.45) is 5.10 Å². The van der Waals surface area contributed by atoms with Crippen molar-refractivity contribution in [3.05, 3.63) is 89.2 Å². The third-order valence-corrected chi connectivity index (χ3v) is 4.12. The molecule has 3 rings (SSSR count). The summed E-state index contributed by atoms with van der Waals surface area (Å²) >= 11 is 0. The molecule has 3 N–H and O–H groups in total. The van der Waals surface area contributed by atoms with Gasteiger partial charge in [-0.05, 0) is 66.7 Å². The van der Waals surface area contributed by atoms with E-state index in [-0.39, 0.29) is 5.75 Å². The minimum atomic E-state index is -0.468. The molecule has 0 aromatic heterocycles. The van der Waals surface area contributed by atoms with Gasteiger partial charge in [0.15, 0.2) is 0 Å². The summed E-state index contributed by atoms with van der Waals surface area (Å²) < 4.78 is 18.0. The fourth-order valence-electron chi connectivity index (χ4n) is 2.50. The van der Waals surface area contributed by atoms with E-state index in [1.54, 1.807) is 24.3 Å². The average molecular weight is 407 g/mol. The van der Waals surface area contributed by atoms with Crippen LogP contribution < -0.4 is 15.5 Å². The number of halogens is 1. The van der Waals surface area contributed by atoms with Crippen LogP contribution >= 0.6 is 0 Å². The molecule has 0 spiro atoms. The number of aromatic hydroxyl groups is 1. The van der Waals surface area contributed by atoms with Crippen molar-refractivity contribution in [1.82, 2.24) is 5.43 Å². The molecule has 0 unspecified atom stereocenters. The lowest BCUT2D eigenvalue weighted by Gasteiger charge is -2.06. The van der Waals surface area contributed by atoms with Gasteiger partial charge in [0.1, 0.15) is 17.3 Å². The number of carbonyl (C=O) groups excluding carboxylic acids is 2. The van der Waals surface area contributed by atoms with Gasteiger partial charge in [-0.15, -0.1) is 0 Å². The second kappa shape index (κ2) is 9.33. The van der Waals surface area contributed by atoms with E-state index in [0.717, 1.165) is 0 Å². The minimum Gasteiger partial charge on any atom is -0.507 e. The molecule has 0 saturated heterocycles. The van der Waals surface area contributed by atoms with Crippen LogP contribution in [0.15, 0.2) is 71.8 Å². The lowest BCUT2D eigenvalue weighted by Crippen LogP contribution is -2.18. The van der Waals surface area contributed by atoms with Crippen LogP contribution in [0.3, 0.4) is 0 Å². The van der Waals surface area contributed by atoms with Gasteiger partial charge in [0.25, 0.3) is 11.8 Å². The number of ether oxygens (including phenoxy) is 1. The summed E-state index contributed by atoms with van der Waals surface area (Å²) in [6, 6.07) is 16.0. The Hall–Kier alpha value is -4.20. The third-order valence-electron chi connectivity index (χ3n) is 4.12. The zero-order valence-electron chi connectivity index (χ0n) is 15.9. The molecule has 152 valence electrons. The summed E-state index contributed by atoms with van der Waals surface area (Å²) in [5.41, 5.74) is 3.85. The van der Waals surface area contributed by atoms with Gasteiger partial charge in [0.2, 0.25) is 0 Å². The minimum absolute atomic E-state index is 0.00459. The molecular weight excluding hydrogens is 389 g/mol. The van der Waals surface area contributed by atoms with Crippen LogP contribution in [0.25, 0.3) is 0 Å². The molecule has 2 amide bonds. The standard InChI is InChI=1S/C22H18FN3O4/c1-30-19-10-11-20(27)16(12-19)13-24-26-22(29)15-4-8-18(9-5-15)25-21(28)14-2-6-17(23)7-3-14/h2-13,27H,1H3,(H,25,28)(H,26,29). The number of nitrogens with zero attached hydrogens (tertiary/aromatic N) is 1. The molecule has 0 aliphatic carbocycles. The Bertz CT molecular complexity index is 1080. The number of hydrogen-bond acceptors (Lipinski definition) is 5. The Kier molecular flexibility index (Phi) is 6.39. The van der Waals surface area contributed by atoms with E-state index >= 15 is 0 Å². The van der Waals surface area contributed by atoms with Crippen molar-refractivity contribution in [2.75, 3.05) is 12.4 Å². The third kappa shape index (κ3) is 5.20. The summed E-state index contributed by atoms with van der Waals surface area (Å²) in [4.78, 5) is 24.3. The fraction of sp³-hybridized carbons (Fsp3) is 0.0455. The van der Waals surface area contributed by atoms with E-state index in [2.05, 4.69) is 15.8 Å². The first kappa shape index (κ1) is 20.5. The van der Waals surface area contributed by atoms with Crippen LogP contribution in [0, 0.1) is 5.82 Å². The van der Waals surface area contributed by atoms with Gasteiger partial charge in [-0.1, -0.05) is 0 Å². The number of amides is 2. The van der Waals surface area contributed by atoms with Gasteiger partial charge in [0, 0.05) is 22.4 Å². The van der Waals surface area contributed by atoms with Gasteiger partial charge in [-0.3, -0.25) is 9.59 Å². The number of nitrogens with one attached hydrogen (secondary N) is 2. The monoisotopic (exact) mass is 407 g/mol. The maximum Gasteiger partial charge on any atom is 0.271 e. The average Bonchev–Trinajstić information content (AvgIpc) is 2.76. The molecule has 30 heavy (non-hydrogen) atoms. The van der Waals surface area contributed by atoms with Crippen molar-refractivity contribution in [3.8, 4) is 11.5 Å². The van der Waals surface area contributed by atoms with Gasteiger partial charge in [0.05, 0.1) is 13.3 Å². The molecule has 0 aliphatic rings. The van der Waals surface area contributed by atoms with Crippen molar-refractivity contribution < 1.29 is 23.8 Å². The topological polar surface area (TPSA) is 100 Å². The van der Waals surface area contributed by atoms with Crippen LogP contribution in [0.2, 0.25) is 0 Å². The first-order valence-corrected chi connectivity index (χ1v) is 8.83. The maximum atomic E-state index is 12.9. The molecule has 0 aliphatic heterocycles. The Morgan fingerprint density at radius 1 is 0.967 bits per heavy atom. The Balaban J connectivity index is 1.59. The fourth-order valence-corrected chi connectivity index (χ4v) is 2.50. The zero-order valence-corrected chi connectivity index (χ0v) is 15.9. The highest BCUT2D eigenvalue weighted by Crippen LogP contribution is 2.21. The first-order chi connectivity index (χ1) is 14.5. The number of benzene rings is 3. The lowest BCUT2D eigenvalue weighted by molar-refractivity contribution is 0.0954. The van der Waals surface area contributed by atoms with E-state index in [1.165, 1.54) is 55.8 Å². The number of phenols is 1. The van der Waals surface area contributed by atoms with Gasteiger partial charge >= 0.3 is 0 Å². The van der Waals surface area contributed by atoms with E-state index in [9.17, 15) is 19.1 Å². The molecule has 0 radical (unpaired) electrons. The largest absolute Gasteiger partial charge is 0.507 e. The number of rotatable bonds is 6. The molecule has 8 heteroatoms. The van der Waals surface area contributed by atoms with Crippen LogP contribution in [0.5, 0.6) is 11.5 Å². The number of hydrazone groups is 1. The Morgan fingerprint density at radius 3 is 2.27 bits per heavy atom. The molecule has 0 bridgehead atoms. The second-order valence-corrected chi connectivity index (χ2v) is 6.16. The lowest BCUT2D eigenvalue weighted by atomic mass is 10.1. The van der Waals surface area contributed by atoms with Crippen LogP contribution in [-0.4, -0.2) is 30.2 Å². The molecule has 0 saturated carbocycles. The predicted octanol–water partition coefficient (Wildman–Crippen LogP) is 3.56. The number of methoxy groups -OCH3 is 1. The number of hydrogen-bond donors (Lipinski definition) is 3. The molecule has 0 atom stereocenters. The van der Waals surface area contributed by atoms with Crippen molar-refractivity contribution in [2.45, 2.75) is 0 Å². The summed E-state index contributed by atoms with van der Waals surface area (Å²) in [5, 5.41) is 16.3. The number of carbonyl (C=O) groups is 2. The summed E-state index contributed by atoms with van der Waals surface area (Å²) in [6.45, 7) is 0. The van der Waals surface area contributed by atoms with Crippen LogP contribution in [0.1, 0.15) is 26.3 Å². The van der Waals surface area contributed by atoms with Gasteiger partial charge in [-0.25, -0.2) is 9.82 Å². The highest BCUT2D eigenvalue weighted by atomic mass is 19.1. The number of anilines is 1. The molecule has 0 fully saturated rings.